The van der Waals surface area contributed by atoms with Crippen molar-refractivity contribution in [2.75, 3.05) is 0 Å². The number of aliphatic hydroxyl groups is 1. The predicted molar refractivity (Wildman–Crippen MR) is 76.9 cm³/mol. The highest BCUT2D eigenvalue weighted by Gasteiger charge is 2.26. The van der Waals surface area contributed by atoms with E-state index in [0.29, 0.717) is 5.92 Å². The van der Waals surface area contributed by atoms with Gasteiger partial charge in [0, 0.05) is 5.02 Å². The Kier molecular flexibility index (Phi) is 5.08. The second-order valence-corrected chi connectivity index (χ2v) is 6.04. The highest BCUT2D eigenvalue weighted by molar-refractivity contribution is 6.30. The summed E-state index contributed by atoms with van der Waals surface area (Å²) in [7, 11) is 0. The fourth-order valence-corrected chi connectivity index (χ4v) is 3.21. The van der Waals surface area contributed by atoms with Crippen molar-refractivity contribution in [2.45, 2.75) is 51.6 Å². The number of aliphatic hydroxyl groups excluding tert-OH is 1. The molecular formula is C16H23ClO. The number of hydrogen-bond donors (Lipinski definition) is 1. The number of rotatable bonds is 4. The predicted octanol–water partition coefficient (Wildman–Crippen LogP) is 4.46. The van der Waals surface area contributed by atoms with E-state index in [9.17, 15) is 5.11 Å². The average molecular weight is 267 g/mol. The molecule has 3 atom stereocenters. The van der Waals surface area contributed by atoms with Crippen LogP contribution in [0.5, 0.6) is 0 Å². The van der Waals surface area contributed by atoms with Gasteiger partial charge >= 0.3 is 0 Å². The zero-order chi connectivity index (χ0) is 13.0. The Hall–Kier alpha value is -0.530. The minimum atomic E-state index is -0.194. The van der Waals surface area contributed by atoms with Gasteiger partial charge in [-0.1, -0.05) is 49.9 Å². The van der Waals surface area contributed by atoms with Crippen LogP contribution in [0.4, 0.5) is 0 Å². The summed E-state index contributed by atoms with van der Waals surface area (Å²) in [4.78, 5) is 0. The molecule has 0 saturated heterocycles. The maximum absolute atomic E-state index is 10.4. The Bertz CT molecular complexity index is 360. The molecule has 100 valence electrons. The molecule has 2 heteroatoms. The van der Waals surface area contributed by atoms with Crippen LogP contribution < -0.4 is 0 Å². The van der Waals surface area contributed by atoms with E-state index < -0.39 is 0 Å². The normalized spacial score (nSPS) is 25.9. The molecule has 1 N–H and O–H groups in total. The summed E-state index contributed by atoms with van der Waals surface area (Å²) >= 11 is 5.87. The summed E-state index contributed by atoms with van der Waals surface area (Å²) < 4.78 is 0. The first-order valence-corrected chi connectivity index (χ1v) is 7.49. The lowest BCUT2D eigenvalue weighted by Crippen LogP contribution is -2.28. The molecule has 18 heavy (non-hydrogen) atoms. The fraction of sp³-hybridized carbons (Fsp3) is 0.625. The van der Waals surface area contributed by atoms with Gasteiger partial charge in [-0.2, -0.15) is 0 Å². The molecule has 0 aliphatic heterocycles. The van der Waals surface area contributed by atoms with Crippen LogP contribution in [0.15, 0.2) is 24.3 Å². The Morgan fingerprint density at radius 1 is 1.28 bits per heavy atom. The summed E-state index contributed by atoms with van der Waals surface area (Å²) in [6.07, 6.45) is 6.83. The monoisotopic (exact) mass is 266 g/mol. The molecule has 1 nitrogen and oxygen atoms in total. The average Bonchev–Trinajstić information content (AvgIpc) is 2.41. The molecular weight excluding hydrogens is 244 g/mol. The zero-order valence-electron chi connectivity index (χ0n) is 11.1. The Balaban J connectivity index is 1.90. The molecule has 0 radical (unpaired) electrons. The maximum Gasteiger partial charge on any atom is 0.0608 e. The largest absolute Gasteiger partial charge is 0.392 e. The van der Waals surface area contributed by atoms with Crippen molar-refractivity contribution in [3.63, 3.8) is 0 Å². The molecule has 1 aliphatic rings. The van der Waals surface area contributed by atoms with Gasteiger partial charge in [-0.25, -0.2) is 0 Å². The van der Waals surface area contributed by atoms with Crippen LogP contribution in [-0.4, -0.2) is 11.2 Å². The van der Waals surface area contributed by atoms with Gasteiger partial charge < -0.3 is 5.11 Å². The molecule has 1 aromatic carbocycles. The van der Waals surface area contributed by atoms with Gasteiger partial charge in [0.05, 0.1) is 6.10 Å². The Morgan fingerprint density at radius 3 is 2.67 bits per heavy atom. The quantitative estimate of drug-likeness (QED) is 0.853. The molecule has 0 aromatic heterocycles. The van der Waals surface area contributed by atoms with E-state index in [4.69, 9.17) is 11.6 Å². The van der Waals surface area contributed by atoms with Crippen LogP contribution in [-0.2, 0) is 6.42 Å². The zero-order valence-corrected chi connectivity index (χ0v) is 11.9. The minimum absolute atomic E-state index is 0.194. The Morgan fingerprint density at radius 2 is 2.00 bits per heavy atom. The molecule has 1 aromatic rings. The van der Waals surface area contributed by atoms with Crippen LogP contribution in [0.2, 0.25) is 5.02 Å². The first kappa shape index (κ1) is 13.9. The van der Waals surface area contributed by atoms with E-state index in [1.165, 1.54) is 37.7 Å². The van der Waals surface area contributed by atoms with E-state index in [-0.39, 0.29) is 6.10 Å². The summed E-state index contributed by atoms with van der Waals surface area (Å²) in [5, 5.41) is 11.1. The summed E-state index contributed by atoms with van der Waals surface area (Å²) in [5.41, 5.74) is 1.19. The Labute approximate surface area is 115 Å². The van der Waals surface area contributed by atoms with Crippen molar-refractivity contribution in [3.8, 4) is 0 Å². The third kappa shape index (κ3) is 3.73. The SMILES string of the molecule is CCC1CCCC(C(O)Cc2ccc(Cl)cc2)C1. The maximum atomic E-state index is 10.4. The molecule has 1 fully saturated rings. The number of halogens is 1. The van der Waals surface area contributed by atoms with E-state index in [1.807, 2.05) is 24.3 Å². The second-order valence-electron chi connectivity index (χ2n) is 5.60. The fourth-order valence-electron chi connectivity index (χ4n) is 3.08. The van der Waals surface area contributed by atoms with Gasteiger partial charge in [0.1, 0.15) is 0 Å². The second kappa shape index (κ2) is 6.58. The van der Waals surface area contributed by atoms with Gasteiger partial charge in [-0.15, -0.1) is 0 Å². The minimum Gasteiger partial charge on any atom is -0.392 e. The molecule has 0 amide bonds. The third-order valence-electron chi connectivity index (χ3n) is 4.30. The van der Waals surface area contributed by atoms with Crippen LogP contribution in [0.1, 0.15) is 44.6 Å². The van der Waals surface area contributed by atoms with E-state index in [2.05, 4.69) is 6.92 Å². The molecule has 0 heterocycles. The van der Waals surface area contributed by atoms with Crippen molar-refractivity contribution >= 4 is 11.6 Å². The molecule has 0 spiro atoms. The summed E-state index contributed by atoms with van der Waals surface area (Å²) in [6, 6.07) is 7.84. The lowest BCUT2D eigenvalue weighted by Gasteiger charge is -2.31. The molecule has 0 bridgehead atoms. The number of hydrogen-bond acceptors (Lipinski definition) is 1. The lowest BCUT2D eigenvalue weighted by atomic mass is 9.76. The van der Waals surface area contributed by atoms with Crippen LogP contribution in [0, 0.1) is 11.8 Å². The van der Waals surface area contributed by atoms with E-state index in [0.717, 1.165) is 17.4 Å². The van der Waals surface area contributed by atoms with Crippen LogP contribution in [0.3, 0.4) is 0 Å². The lowest BCUT2D eigenvalue weighted by molar-refractivity contribution is 0.0685. The highest BCUT2D eigenvalue weighted by Crippen LogP contribution is 2.33. The van der Waals surface area contributed by atoms with E-state index >= 15 is 0 Å². The van der Waals surface area contributed by atoms with E-state index in [1.54, 1.807) is 0 Å². The highest BCUT2D eigenvalue weighted by atomic mass is 35.5. The van der Waals surface area contributed by atoms with Gasteiger partial charge in [-0.05, 0) is 48.8 Å². The van der Waals surface area contributed by atoms with Gasteiger partial charge in [0.25, 0.3) is 0 Å². The van der Waals surface area contributed by atoms with Gasteiger partial charge in [-0.3, -0.25) is 0 Å². The molecule has 1 aliphatic carbocycles. The van der Waals surface area contributed by atoms with Crippen LogP contribution in [0.25, 0.3) is 0 Å². The van der Waals surface area contributed by atoms with Crippen molar-refractivity contribution in [3.05, 3.63) is 34.9 Å². The molecule has 3 unspecified atom stereocenters. The van der Waals surface area contributed by atoms with Crippen molar-refractivity contribution in [2.24, 2.45) is 11.8 Å². The van der Waals surface area contributed by atoms with Crippen molar-refractivity contribution in [1.82, 2.24) is 0 Å². The van der Waals surface area contributed by atoms with Crippen molar-refractivity contribution in [1.29, 1.82) is 0 Å². The smallest absolute Gasteiger partial charge is 0.0608 e. The standard InChI is InChI=1S/C16H23ClO/c1-2-12-4-3-5-14(10-12)16(18)11-13-6-8-15(17)9-7-13/h6-9,12,14,16,18H,2-5,10-11H2,1H3. The topological polar surface area (TPSA) is 20.2 Å². The first-order valence-electron chi connectivity index (χ1n) is 7.11. The number of benzene rings is 1. The van der Waals surface area contributed by atoms with Gasteiger partial charge in [0.2, 0.25) is 0 Å². The third-order valence-corrected chi connectivity index (χ3v) is 4.55. The van der Waals surface area contributed by atoms with Gasteiger partial charge in [0.15, 0.2) is 0 Å². The van der Waals surface area contributed by atoms with Crippen LogP contribution >= 0.6 is 11.6 Å². The summed E-state index contributed by atoms with van der Waals surface area (Å²) in [5.74, 6) is 1.31. The molecule has 1 saturated carbocycles. The first-order chi connectivity index (χ1) is 8.69. The molecule has 2 rings (SSSR count). The summed E-state index contributed by atoms with van der Waals surface area (Å²) in [6.45, 7) is 2.26. The van der Waals surface area contributed by atoms with Crippen molar-refractivity contribution < 1.29 is 5.11 Å².